The average Bonchev–Trinajstić information content (AvgIpc) is 3.22. The molecule has 34 heavy (non-hydrogen) atoms. The Morgan fingerprint density at radius 3 is 2.50 bits per heavy atom. The molecule has 0 saturated carbocycles. The first-order valence-corrected chi connectivity index (χ1v) is 10.9. The first-order chi connectivity index (χ1) is 16.7. The molecule has 6 heteroatoms. The van der Waals surface area contributed by atoms with Gasteiger partial charge in [-0.25, -0.2) is 0 Å². The van der Waals surface area contributed by atoms with E-state index in [-0.39, 0.29) is 5.56 Å². The van der Waals surface area contributed by atoms with Crippen molar-refractivity contribution in [1.29, 1.82) is 0 Å². The second kappa shape index (κ2) is 7.71. The molecule has 162 valence electrons. The highest BCUT2D eigenvalue weighted by Crippen LogP contribution is 2.38. The SMILES string of the molecule is C=N/C(=C\N=C/C)c1ccc2c(c1)c1cc(-c3cnccn3)cc3c4ccccc4c(=O)n2c31. The van der Waals surface area contributed by atoms with Crippen LogP contribution in [0.3, 0.4) is 0 Å². The summed E-state index contributed by atoms with van der Waals surface area (Å²) in [4.78, 5) is 30.7. The minimum atomic E-state index is -0.0312. The van der Waals surface area contributed by atoms with Gasteiger partial charge in [-0.1, -0.05) is 24.3 Å². The van der Waals surface area contributed by atoms with Crippen molar-refractivity contribution in [3.63, 3.8) is 0 Å². The normalized spacial score (nSPS) is 12.6. The summed E-state index contributed by atoms with van der Waals surface area (Å²) in [5, 5.41) is 4.53. The van der Waals surface area contributed by atoms with Crippen molar-refractivity contribution < 1.29 is 0 Å². The average molecular weight is 441 g/mol. The maximum absolute atomic E-state index is 13.6. The molecule has 3 aromatic heterocycles. The van der Waals surface area contributed by atoms with Gasteiger partial charge < -0.3 is 0 Å². The highest BCUT2D eigenvalue weighted by atomic mass is 16.1. The monoisotopic (exact) mass is 441 g/mol. The van der Waals surface area contributed by atoms with Gasteiger partial charge in [-0.15, -0.1) is 0 Å². The summed E-state index contributed by atoms with van der Waals surface area (Å²) in [6.07, 6.45) is 8.48. The summed E-state index contributed by atoms with van der Waals surface area (Å²) in [7, 11) is 0. The van der Waals surface area contributed by atoms with Gasteiger partial charge in [0.1, 0.15) is 0 Å². The van der Waals surface area contributed by atoms with Crippen molar-refractivity contribution in [2.24, 2.45) is 9.98 Å². The van der Waals surface area contributed by atoms with E-state index in [4.69, 9.17) is 0 Å². The number of benzene rings is 3. The maximum Gasteiger partial charge on any atom is 0.263 e. The Bertz CT molecular complexity index is 1850. The molecule has 0 radical (unpaired) electrons. The van der Waals surface area contributed by atoms with Gasteiger partial charge >= 0.3 is 0 Å². The van der Waals surface area contributed by atoms with Crippen molar-refractivity contribution >= 4 is 56.6 Å². The minimum Gasteiger partial charge on any atom is -0.275 e. The molecule has 0 fully saturated rings. The molecule has 3 heterocycles. The Kier molecular flexibility index (Phi) is 4.52. The number of nitrogens with zero attached hydrogens (tertiary/aromatic N) is 5. The number of pyridine rings is 1. The van der Waals surface area contributed by atoms with Crippen LogP contribution in [0.2, 0.25) is 0 Å². The Labute approximate surface area is 194 Å². The molecule has 6 aromatic rings. The highest BCUT2D eigenvalue weighted by Gasteiger charge is 2.19. The quantitative estimate of drug-likeness (QED) is 0.259. The molecule has 0 amide bonds. The van der Waals surface area contributed by atoms with Crippen LogP contribution in [-0.2, 0) is 0 Å². The molecule has 0 aliphatic heterocycles. The van der Waals surface area contributed by atoms with Gasteiger partial charge in [0.25, 0.3) is 5.56 Å². The molecule has 0 unspecified atom stereocenters. The lowest BCUT2D eigenvalue weighted by atomic mass is 9.99. The molecular weight excluding hydrogens is 422 g/mol. The van der Waals surface area contributed by atoms with E-state index in [2.05, 4.69) is 38.8 Å². The van der Waals surface area contributed by atoms with Crippen LogP contribution in [0.1, 0.15) is 12.5 Å². The van der Waals surface area contributed by atoms with E-state index in [0.29, 0.717) is 11.1 Å². The molecular formula is C28H19N5O. The van der Waals surface area contributed by atoms with E-state index in [1.807, 2.05) is 53.8 Å². The van der Waals surface area contributed by atoms with Gasteiger partial charge in [0.05, 0.1) is 34.8 Å². The van der Waals surface area contributed by atoms with Gasteiger partial charge in [-0.05, 0) is 49.4 Å². The third-order valence-corrected chi connectivity index (χ3v) is 6.18. The van der Waals surface area contributed by atoms with E-state index in [1.165, 1.54) is 0 Å². The first-order valence-electron chi connectivity index (χ1n) is 10.9. The summed E-state index contributed by atoms with van der Waals surface area (Å²) in [5.74, 6) is 0. The van der Waals surface area contributed by atoms with Gasteiger partial charge in [0.15, 0.2) is 0 Å². The van der Waals surface area contributed by atoms with Crippen molar-refractivity contribution in [1.82, 2.24) is 14.4 Å². The molecule has 0 aliphatic carbocycles. The standard InChI is InChI=1S/C28H19N5O/c1-3-30-15-24(29-2)17-8-9-26-21(12-17)23-14-18(25-16-31-10-11-32-25)13-22-19-6-4-5-7-20(19)28(34)33(26)27(22)23/h3-16H,2H2,1H3/b24-15-,30-3-. The van der Waals surface area contributed by atoms with Gasteiger partial charge in [0.2, 0.25) is 0 Å². The lowest BCUT2D eigenvalue weighted by Gasteiger charge is -2.08. The molecule has 0 spiro atoms. The van der Waals surface area contributed by atoms with E-state index >= 15 is 0 Å². The van der Waals surface area contributed by atoms with Crippen molar-refractivity contribution in [3.05, 3.63) is 95.3 Å². The predicted molar refractivity (Wildman–Crippen MR) is 140 cm³/mol. The number of hydrogen-bond acceptors (Lipinski definition) is 5. The van der Waals surface area contributed by atoms with Crippen molar-refractivity contribution in [3.8, 4) is 11.3 Å². The fraction of sp³-hybridized carbons (Fsp3) is 0.0357. The molecule has 6 rings (SSSR count). The van der Waals surface area contributed by atoms with Crippen molar-refractivity contribution in [2.75, 3.05) is 0 Å². The van der Waals surface area contributed by atoms with E-state index in [0.717, 1.165) is 49.4 Å². The minimum absolute atomic E-state index is 0.0312. The largest absolute Gasteiger partial charge is 0.275 e. The fourth-order valence-corrected chi connectivity index (χ4v) is 4.70. The molecule has 0 atom stereocenters. The molecule has 3 aromatic carbocycles. The first kappa shape index (κ1) is 19.9. The summed E-state index contributed by atoms with van der Waals surface area (Å²) in [6, 6.07) is 17.9. The molecule has 6 nitrogen and oxygen atoms in total. The van der Waals surface area contributed by atoms with Crippen LogP contribution in [0.15, 0.2) is 94.2 Å². The maximum atomic E-state index is 13.6. The third-order valence-electron chi connectivity index (χ3n) is 6.18. The number of rotatable bonds is 4. The van der Waals surface area contributed by atoms with Crippen LogP contribution in [-0.4, -0.2) is 27.3 Å². The smallest absolute Gasteiger partial charge is 0.263 e. The second-order valence-corrected chi connectivity index (χ2v) is 8.01. The second-order valence-electron chi connectivity index (χ2n) is 8.01. The van der Waals surface area contributed by atoms with Gasteiger partial charge in [-0.3, -0.25) is 29.1 Å². The Balaban J connectivity index is 1.82. The lowest BCUT2D eigenvalue weighted by Crippen LogP contribution is -2.12. The summed E-state index contributed by atoms with van der Waals surface area (Å²) >= 11 is 0. The van der Waals surface area contributed by atoms with Crippen molar-refractivity contribution in [2.45, 2.75) is 6.92 Å². The van der Waals surface area contributed by atoms with E-state index in [1.54, 1.807) is 31.0 Å². The molecule has 0 aliphatic rings. The number of aromatic nitrogens is 3. The van der Waals surface area contributed by atoms with Crippen LogP contribution in [0.4, 0.5) is 0 Å². The third kappa shape index (κ3) is 2.85. The summed E-state index contributed by atoms with van der Waals surface area (Å²) < 4.78 is 1.82. The molecule has 0 bridgehead atoms. The Morgan fingerprint density at radius 1 is 0.971 bits per heavy atom. The lowest BCUT2D eigenvalue weighted by molar-refractivity contribution is 1.20. The van der Waals surface area contributed by atoms with Crippen LogP contribution < -0.4 is 5.56 Å². The van der Waals surface area contributed by atoms with E-state index < -0.39 is 0 Å². The van der Waals surface area contributed by atoms with Crippen LogP contribution in [0.25, 0.3) is 54.9 Å². The zero-order valence-electron chi connectivity index (χ0n) is 18.4. The van der Waals surface area contributed by atoms with Crippen LogP contribution in [0.5, 0.6) is 0 Å². The van der Waals surface area contributed by atoms with Crippen LogP contribution >= 0.6 is 0 Å². The zero-order chi connectivity index (χ0) is 23.2. The zero-order valence-corrected chi connectivity index (χ0v) is 18.4. The molecule has 0 saturated heterocycles. The molecule has 0 N–H and O–H groups in total. The number of hydrogen-bond donors (Lipinski definition) is 0. The van der Waals surface area contributed by atoms with Gasteiger partial charge in [0, 0.05) is 51.3 Å². The Morgan fingerprint density at radius 2 is 1.76 bits per heavy atom. The predicted octanol–water partition coefficient (Wildman–Crippen LogP) is 5.74. The topological polar surface area (TPSA) is 72.0 Å². The Hall–Kier alpha value is -4.71. The van der Waals surface area contributed by atoms with E-state index in [9.17, 15) is 4.79 Å². The van der Waals surface area contributed by atoms with Gasteiger partial charge in [-0.2, -0.15) is 0 Å². The highest BCUT2D eigenvalue weighted by molar-refractivity contribution is 6.21. The van der Waals surface area contributed by atoms with Crippen LogP contribution in [0, 0.1) is 0 Å². The summed E-state index contributed by atoms with van der Waals surface area (Å²) in [6.45, 7) is 5.55. The summed E-state index contributed by atoms with van der Waals surface area (Å²) in [5.41, 5.74) is 4.97. The number of aliphatic imine (C=N–C) groups is 2. The number of fused-ring (bicyclic) bond motifs is 5. The fourth-order valence-electron chi connectivity index (χ4n) is 4.70.